The van der Waals surface area contributed by atoms with Gasteiger partial charge in [0.2, 0.25) is 0 Å². The summed E-state index contributed by atoms with van der Waals surface area (Å²) < 4.78 is 32.9. The van der Waals surface area contributed by atoms with Gasteiger partial charge in [0.25, 0.3) is 0 Å². The number of hydrogen-bond donors (Lipinski definition) is 2. The molecule has 2 fully saturated rings. The van der Waals surface area contributed by atoms with Crippen molar-refractivity contribution < 1.29 is 22.6 Å². The SMILES string of the molecule is O=S(=O)(Oc1ccccc1)c1ccc2sc3ccc(C4CC4)cc3c2c1.OB(O)C1CC1. The maximum absolute atomic E-state index is 12.7. The molecule has 0 radical (unpaired) electrons. The molecule has 1 heterocycles. The summed E-state index contributed by atoms with van der Waals surface area (Å²) in [6.45, 7) is 0. The normalized spacial score (nSPS) is 15.9. The van der Waals surface area contributed by atoms with Gasteiger partial charge in [-0.15, -0.1) is 11.3 Å². The highest BCUT2D eigenvalue weighted by Gasteiger charge is 2.33. The third-order valence-corrected chi connectivity index (χ3v) is 8.19. The number of hydrogen-bond acceptors (Lipinski definition) is 6. The first-order valence-corrected chi connectivity index (χ1v) is 12.9. The molecule has 0 unspecified atom stereocenters. The van der Waals surface area contributed by atoms with Crippen LogP contribution < -0.4 is 4.18 Å². The maximum Gasteiger partial charge on any atom is 0.454 e. The van der Waals surface area contributed by atoms with Crippen LogP contribution in [0.25, 0.3) is 20.2 Å². The lowest BCUT2D eigenvalue weighted by atomic mass is 9.84. The predicted octanol–water partition coefficient (Wildman–Crippen LogP) is 5.32. The van der Waals surface area contributed by atoms with E-state index in [-0.39, 0.29) is 10.7 Å². The lowest BCUT2D eigenvalue weighted by Gasteiger charge is -2.07. The van der Waals surface area contributed by atoms with Crippen LogP contribution >= 0.6 is 11.3 Å². The highest BCUT2D eigenvalue weighted by atomic mass is 32.2. The molecule has 8 heteroatoms. The van der Waals surface area contributed by atoms with Gasteiger partial charge in [0.15, 0.2) is 0 Å². The van der Waals surface area contributed by atoms with Gasteiger partial charge in [0.05, 0.1) is 0 Å². The summed E-state index contributed by atoms with van der Waals surface area (Å²) >= 11 is 1.69. The number of thiophene rings is 1. The molecule has 32 heavy (non-hydrogen) atoms. The Balaban J connectivity index is 0.000000314. The maximum atomic E-state index is 12.7. The van der Waals surface area contributed by atoms with Gasteiger partial charge >= 0.3 is 17.2 Å². The molecule has 3 aromatic carbocycles. The molecule has 2 saturated carbocycles. The molecule has 2 aliphatic carbocycles. The molecule has 2 N–H and O–H groups in total. The average Bonchev–Trinajstić information content (AvgIpc) is 3.69. The van der Waals surface area contributed by atoms with E-state index in [2.05, 4.69) is 18.2 Å². The van der Waals surface area contributed by atoms with Crippen molar-refractivity contribution in [3.8, 4) is 5.75 Å². The fourth-order valence-corrected chi connectivity index (χ4v) is 5.67. The Morgan fingerprint density at radius 1 is 0.844 bits per heavy atom. The molecule has 6 rings (SSSR count). The molecule has 2 aliphatic rings. The quantitative estimate of drug-likeness (QED) is 0.307. The summed E-state index contributed by atoms with van der Waals surface area (Å²) in [7, 11) is -4.90. The zero-order valence-electron chi connectivity index (χ0n) is 17.3. The highest BCUT2D eigenvalue weighted by Crippen LogP contribution is 2.43. The fraction of sp³-hybridized carbons (Fsp3) is 0.250. The molecule has 0 spiro atoms. The zero-order valence-corrected chi connectivity index (χ0v) is 19.0. The van der Waals surface area contributed by atoms with Crippen LogP contribution in [0.4, 0.5) is 0 Å². The Hall–Kier alpha value is -2.39. The van der Waals surface area contributed by atoms with Crippen molar-refractivity contribution in [1.82, 2.24) is 0 Å². The molecule has 1 aromatic heterocycles. The van der Waals surface area contributed by atoms with E-state index in [9.17, 15) is 8.42 Å². The van der Waals surface area contributed by atoms with Crippen LogP contribution in [0, 0.1) is 0 Å². The third kappa shape index (κ3) is 4.69. The van der Waals surface area contributed by atoms with Crippen LogP contribution in [0.1, 0.15) is 37.2 Å². The van der Waals surface area contributed by atoms with Gasteiger partial charge in [-0.25, -0.2) is 0 Å². The predicted molar refractivity (Wildman–Crippen MR) is 129 cm³/mol. The molecule has 0 amide bonds. The molecule has 0 bridgehead atoms. The minimum atomic E-state index is -3.86. The van der Waals surface area contributed by atoms with E-state index in [1.165, 1.54) is 23.1 Å². The summed E-state index contributed by atoms with van der Waals surface area (Å²) in [5.74, 6) is 1.20. The van der Waals surface area contributed by atoms with E-state index < -0.39 is 17.2 Å². The van der Waals surface area contributed by atoms with Crippen molar-refractivity contribution in [2.24, 2.45) is 0 Å². The molecular formula is C24H23BO5S2. The first kappa shape index (κ1) is 21.5. The molecule has 0 saturated heterocycles. The minimum absolute atomic E-state index is 0.186. The fourth-order valence-electron chi connectivity index (χ4n) is 3.65. The van der Waals surface area contributed by atoms with Crippen LogP contribution in [-0.4, -0.2) is 25.6 Å². The zero-order chi connectivity index (χ0) is 22.3. The Morgan fingerprint density at radius 2 is 1.50 bits per heavy atom. The highest BCUT2D eigenvalue weighted by molar-refractivity contribution is 7.87. The summed E-state index contributed by atoms with van der Waals surface area (Å²) in [6.07, 6.45) is 4.49. The molecule has 5 nitrogen and oxygen atoms in total. The van der Waals surface area contributed by atoms with Crippen LogP contribution in [0.2, 0.25) is 5.82 Å². The van der Waals surface area contributed by atoms with Gasteiger partial charge in [0.1, 0.15) is 10.6 Å². The van der Waals surface area contributed by atoms with Crippen molar-refractivity contribution in [3.63, 3.8) is 0 Å². The first-order chi connectivity index (χ1) is 15.4. The van der Waals surface area contributed by atoms with Crippen LogP contribution in [0.15, 0.2) is 71.6 Å². The Morgan fingerprint density at radius 3 is 2.09 bits per heavy atom. The van der Waals surface area contributed by atoms with Crippen molar-refractivity contribution in [3.05, 3.63) is 72.3 Å². The van der Waals surface area contributed by atoms with Gasteiger partial charge in [-0.1, -0.05) is 37.1 Å². The van der Waals surface area contributed by atoms with Gasteiger partial charge in [-0.2, -0.15) is 8.42 Å². The average molecular weight is 466 g/mol. The molecule has 0 aliphatic heterocycles. The topological polar surface area (TPSA) is 83.8 Å². The van der Waals surface area contributed by atoms with Crippen molar-refractivity contribution in [1.29, 1.82) is 0 Å². The third-order valence-electron chi connectivity index (χ3n) is 5.79. The smallest absolute Gasteiger partial charge is 0.427 e. The van der Waals surface area contributed by atoms with E-state index in [1.807, 2.05) is 12.1 Å². The standard InChI is InChI=1S/C21H16O3S2.C3H7BO2/c22-26(23,24-16-4-2-1-3-5-16)17-9-11-21-19(13-17)18-12-15(14-6-7-14)8-10-20(18)25-21;5-4(6)3-1-2-3/h1-5,8-14H,6-7H2;3,5-6H,1-2H2. The Kier molecular flexibility index (Phi) is 5.71. The second kappa shape index (κ2) is 8.52. The Bertz CT molecular complexity index is 1360. The van der Waals surface area contributed by atoms with E-state index in [4.69, 9.17) is 14.2 Å². The summed E-state index contributed by atoms with van der Waals surface area (Å²) in [6, 6.07) is 20.4. The van der Waals surface area contributed by atoms with Crippen LogP contribution in [0.3, 0.4) is 0 Å². The van der Waals surface area contributed by atoms with Crippen molar-refractivity contribution in [2.75, 3.05) is 0 Å². The number of fused-ring (bicyclic) bond motifs is 3. The van der Waals surface area contributed by atoms with Crippen LogP contribution in [-0.2, 0) is 10.1 Å². The minimum Gasteiger partial charge on any atom is -0.427 e. The molecular weight excluding hydrogens is 443 g/mol. The van der Waals surface area contributed by atoms with E-state index in [0.29, 0.717) is 11.7 Å². The lowest BCUT2D eigenvalue weighted by molar-refractivity contribution is 0.403. The second-order valence-corrected chi connectivity index (χ2v) is 11.0. The molecule has 0 atom stereocenters. The van der Waals surface area contributed by atoms with Crippen molar-refractivity contribution in [2.45, 2.75) is 42.3 Å². The first-order valence-electron chi connectivity index (χ1n) is 10.7. The van der Waals surface area contributed by atoms with Gasteiger partial charge in [-0.3, -0.25) is 0 Å². The van der Waals surface area contributed by atoms with Gasteiger partial charge < -0.3 is 14.2 Å². The monoisotopic (exact) mass is 466 g/mol. The van der Waals surface area contributed by atoms with Gasteiger partial charge in [0, 0.05) is 20.2 Å². The van der Waals surface area contributed by atoms with Gasteiger partial charge in [-0.05, 0) is 72.6 Å². The van der Waals surface area contributed by atoms with E-state index in [0.717, 1.165) is 28.3 Å². The number of benzene rings is 3. The van der Waals surface area contributed by atoms with Crippen LogP contribution in [0.5, 0.6) is 5.75 Å². The van der Waals surface area contributed by atoms with Crippen molar-refractivity contribution >= 4 is 48.7 Å². The second-order valence-electron chi connectivity index (χ2n) is 8.39. The summed E-state index contributed by atoms with van der Waals surface area (Å²) in [4.78, 5) is 0.186. The lowest BCUT2D eigenvalue weighted by Crippen LogP contribution is -2.09. The van der Waals surface area contributed by atoms with E-state index in [1.54, 1.807) is 47.7 Å². The summed E-state index contributed by atoms with van der Waals surface area (Å²) in [5.41, 5.74) is 1.35. The largest absolute Gasteiger partial charge is 0.454 e. The molecule has 164 valence electrons. The molecule has 4 aromatic rings. The van der Waals surface area contributed by atoms with E-state index >= 15 is 0 Å². The Labute approximate surface area is 191 Å². The summed E-state index contributed by atoms with van der Waals surface area (Å²) in [5, 5.41) is 18.6. The number of rotatable bonds is 5. The number of para-hydroxylation sites is 1.